The van der Waals surface area contributed by atoms with Gasteiger partial charge in [0.25, 0.3) is 10.1 Å². The van der Waals surface area contributed by atoms with Gasteiger partial charge >= 0.3 is 0 Å². The summed E-state index contributed by atoms with van der Waals surface area (Å²) in [5.41, 5.74) is -0.211. The van der Waals surface area contributed by atoms with Gasteiger partial charge in [-0.1, -0.05) is 6.92 Å². The molecule has 0 radical (unpaired) electrons. The molecule has 0 aliphatic heterocycles. The zero-order valence-corrected chi connectivity index (χ0v) is 8.28. The fourth-order valence-corrected chi connectivity index (χ4v) is 1.64. The van der Waals surface area contributed by atoms with Gasteiger partial charge < -0.3 is 0 Å². The van der Waals surface area contributed by atoms with Gasteiger partial charge in [-0.25, -0.2) is 0 Å². The van der Waals surface area contributed by atoms with E-state index in [1.54, 1.807) is 6.92 Å². The van der Waals surface area contributed by atoms with Crippen molar-refractivity contribution in [2.75, 3.05) is 0 Å². The minimum absolute atomic E-state index is 0.138. The van der Waals surface area contributed by atoms with Crippen molar-refractivity contribution in [3.8, 4) is 0 Å². The van der Waals surface area contributed by atoms with Crippen LogP contribution in [0.4, 0.5) is 0 Å². The molecule has 0 saturated heterocycles. The third-order valence-electron chi connectivity index (χ3n) is 1.63. The van der Waals surface area contributed by atoms with E-state index in [9.17, 15) is 13.2 Å². The summed E-state index contributed by atoms with van der Waals surface area (Å²) in [5, 5.41) is 0. The van der Waals surface area contributed by atoms with Crippen molar-refractivity contribution in [3.63, 3.8) is 0 Å². The van der Waals surface area contributed by atoms with Crippen molar-refractivity contribution in [3.05, 3.63) is 24.0 Å². The normalized spacial score (nSPS) is 11.3. The van der Waals surface area contributed by atoms with Crippen LogP contribution < -0.4 is 0 Å². The van der Waals surface area contributed by atoms with Gasteiger partial charge in [-0.2, -0.15) is 8.42 Å². The zero-order valence-electron chi connectivity index (χ0n) is 7.47. The predicted molar refractivity (Wildman–Crippen MR) is 48.7 cm³/mol. The highest BCUT2D eigenvalue weighted by atomic mass is 32.2. The summed E-state index contributed by atoms with van der Waals surface area (Å²) < 4.78 is 30.5. The fourth-order valence-electron chi connectivity index (χ4n) is 0.976. The highest BCUT2D eigenvalue weighted by molar-refractivity contribution is 7.86. The van der Waals surface area contributed by atoms with Crippen molar-refractivity contribution in [2.24, 2.45) is 0 Å². The number of carbonyl (C=O) groups is 1. The average Bonchev–Trinajstić information content (AvgIpc) is 2.15. The maximum Gasteiger partial charge on any atom is 0.296 e. The standard InChI is InChI=1S/C8H9NO4S/c1-2-6(10)8-7(14(11,12)13)4-3-5-9-8/h3-5H,2H2,1H3,(H,11,12,13). The first kappa shape index (κ1) is 10.8. The Hall–Kier alpha value is -1.27. The van der Waals surface area contributed by atoms with E-state index >= 15 is 0 Å². The minimum atomic E-state index is -4.37. The number of hydrogen-bond acceptors (Lipinski definition) is 4. The van der Waals surface area contributed by atoms with E-state index in [1.165, 1.54) is 12.3 Å². The fraction of sp³-hybridized carbons (Fsp3) is 0.250. The van der Waals surface area contributed by atoms with Crippen LogP contribution in [0.2, 0.25) is 0 Å². The first-order chi connectivity index (χ1) is 6.46. The minimum Gasteiger partial charge on any atom is -0.292 e. The van der Waals surface area contributed by atoms with Gasteiger partial charge in [0, 0.05) is 12.6 Å². The van der Waals surface area contributed by atoms with Crippen LogP contribution >= 0.6 is 0 Å². The van der Waals surface area contributed by atoms with E-state index in [0.29, 0.717) is 0 Å². The van der Waals surface area contributed by atoms with Gasteiger partial charge in [0.1, 0.15) is 10.6 Å². The van der Waals surface area contributed by atoms with E-state index in [4.69, 9.17) is 4.55 Å². The number of carbonyl (C=O) groups excluding carboxylic acids is 1. The number of ketones is 1. The topological polar surface area (TPSA) is 84.3 Å². The van der Waals surface area contributed by atoms with Crippen LogP contribution in [-0.2, 0) is 10.1 Å². The lowest BCUT2D eigenvalue weighted by molar-refractivity contribution is 0.0979. The van der Waals surface area contributed by atoms with Gasteiger partial charge in [0.15, 0.2) is 5.78 Å². The van der Waals surface area contributed by atoms with Crippen LogP contribution in [0.5, 0.6) is 0 Å². The maximum absolute atomic E-state index is 11.2. The molecule has 0 fully saturated rings. The molecule has 14 heavy (non-hydrogen) atoms. The Morgan fingerprint density at radius 3 is 2.71 bits per heavy atom. The van der Waals surface area contributed by atoms with E-state index in [2.05, 4.69) is 4.98 Å². The predicted octanol–water partition coefficient (Wildman–Crippen LogP) is 0.921. The van der Waals surface area contributed by atoms with Gasteiger partial charge in [-0.05, 0) is 12.1 Å². The average molecular weight is 215 g/mol. The molecule has 0 saturated carbocycles. The molecule has 0 amide bonds. The lowest BCUT2D eigenvalue weighted by Crippen LogP contribution is -2.09. The summed E-state index contributed by atoms with van der Waals surface area (Å²) >= 11 is 0. The molecule has 0 atom stereocenters. The van der Waals surface area contributed by atoms with E-state index in [-0.39, 0.29) is 12.1 Å². The maximum atomic E-state index is 11.2. The summed E-state index contributed by atoms with van der Waals surface area (Å²) in [7, 11) is -4.37. The van der Waals surface area contributed by atoms with E-state index in [1.807, 2.05) is 0 Å². The van der Waals surface area contributed by atoms with Crippen LogP contribution in [-0.4, -0.2) is 23.7 Å². The Kier molecular flexibility index (Phi) is 2.97. The summed E-state index contributed by atoms with van der Waals surface area (Å²) in [5.74, 6) is -0.418. The van der Waals surface area contributed by atoms with Crippen molar-refractivity contribution in [2.45, 2.75) is 18.2 Å². The molecular formula is C8H9NO4S. The first-order valence-corrected chi connectivity index (χ1v) is 5.36. The first-order valence-electron chi connectivity index (χ1n) is 3.92. The van der Waals surface area contributed by atoms with Crippen LogP contribution in [0, 0.1) is 0 Å². The molecule has 1 N–H and O–H groups in total. The van der Waals surface area contributed by atoms with Crippen LogP contribution in [0.15, 0.2) is 23.2 Å². The van der Waals surface area contributed by atoms with Gasteiger partial charge in [-0.3, -0.25) is 14.3 Å². The Morgan fingerprint density at radius 2 is 2.21 bits per heavy atom. The number of pyridine rings is 1. The van der Waals surface area contributed by atoms with Gasteiger partial charge in [-0.15, -0.1) is 0 Å². The molecular weight excluding hydrogens is 206 g/mol. The molecule has 76 valence electrons. The third kappa shape index (κ3) is 2.15. The van der Waals surface area contributed by atoms with Crippen LogP contribution in [0.3, 0.4) is 0 Å². The number of aromatic nitrogens is 1. The molecule has 0 aliphatic rings. The number of hydrogen-bond donors (Lipinski definition) is 1. The van der Waals surface area contributed by atoms with Gasteiger partial charge in [0.05, 0.1) is 0 Å². The second-order valence-electron chi connectivity index (χ2n) is 2.60. The quantitative estimate of drug-likeness (QED) is 0.598. The molecule has 1 rings (SSSR count). The Labute approximate surface area is 81.5 Å². The molecule has 5 nitrogen and oxygen atoms in total. The molecule has 0 bridgehead atoms. The van der Waals surface area contributed by atoms with Crippen LogP contribution in [0.1, 0.15) is 23.8 Å². The smallest absolute Gasteiger partial charge is 0.292 e. The monoisotopic (exact) mass is 215 g/mol. The molecule has 1 heterocycles. The molecule has 1 aromatic rings. The summed E-state index contributed by atoms with van der Waals surface area (Å²) in [6.45, 7) is 1.59. The summed E-state index contributed by atoms with van der Waals surface area (Å²) in [4.78, 5) is 14.4. The van der Waals surface area contributed by atoms with Crippen molar-refractivity contribution >= 4 is 15.9 Å². The highest BCUT2D eigenvalue weighted by Gasteiger charge is 2.19. The SMILES string of the molecule is CCC(=O)c1ncccc1S(=O)(=O)O. The Morgan fingerprint density at radius 1 is 1.57 bits per heavy atom. The van der Waals surface area contributed by atoms with E-state index in [0.717, 1.165) is 6.07 Å². The zero-order chi connectivity index (χ0) is 10.8. The number of Topliss-reactive ketones (excluding diaryl/α,β-unsaturated/α-hetero) is 1. The highest BCUT2D eigenvalue weighted by Crippen LogP contribution is 2.13. The second-order valence-corrected chi connectivity index (χ2v) is 3.99. The van der Waals surface area contributed by atoms with Crippen molar-refractivity contribution in [1.82, 2.24) is 4.98 Å². The van der Waals surface area contributed by atoms with Crippen molar-refractivity contribution in [1.29, 1.82) is 0 Å². The Bertz CT molecular complexity index is 452. The molecule has 0 unspecified atom stereocenters. The number of rotatable bonds is 3. The third-order valence-corrected chi connectivity index (χ3v) is 2.52. The van der Waals surface area contributed by atoms with Crippen LogP contribution in [0.25, 0.3) is 0 Å². The lowest BCUT2D eigenvalue weighted by Gasteiger charge is -2.02. The molecule has 6 heteroatoms. The molecule has 1 aromatic heterocycles. The summed E-state index contributed by atoms with van der Waals surface area (Å²) in [6.07, 6.45) is 1.44. The van der Waals surface area contributed by atoms with Crippen molar-refractivity contribution < 1.29 is 17.8 Å². The van der Waals surface area contributed by atoms with E-state index < -0.39 is 20.8 Å². The lowest BCUT2D eigenvalue weighted by atomic mass is 10.2. The number of nitrogens with zero attached hydrogens (tertiary/aromatic N) is 1. The van der Waals surface area contributed by atoms with Gasteiger partial charge in [0.2, 0.25) is 0 Å². The molecule has 0 spiro atoms. The molecule has 0 aromatic carbocycles. The molecule has 0 aliphatic carbocycles. The second kappa shape index (κ2) is 3.85. The Balaban J connectivity index is 3.38. The largest absolute Gasteiger partial charge is 0.296 e. The summed E-state index contributed by atoms with van der Waals surface area (Å²) in [6, 6.07) is 2.49.